The molecule has 0 saturated heterocycles. The van der Waals surface area contributed by atoms with Crippen molar-refractivity contribution in [3.63, 3.8) is 0 Å². The minimum Gasteiger partial charge on any atom is -0.485 e. The fourth-order valence-corrected chi connectivity index (χ4v) is 3.96. The highest BCUT2D eigenvalue weighted by Crippen LogP contribution is 2.36. The van der Waals surface area contributed by atoms with E-state index in [-0.39, 0.29) is 6.10 Å². The number of furan rings is 1. The third-order valence-electron chi connectivity index (χ3n) is 5.67. The zero-order valence-corrected chi connectivity index (χ0v) is 17.3. The number of nitrogens with zero attached hydrogens (tertiary/aromatic N) is 1. The summed E-state index contributed by atoms with van der Waals surface area (Å²) in [5, 5.41) is 2.13. The minimum atomic E-state index is -0.0469. The standard InChI is InChI=1S/C27H23NO2/c1-17-13-16-25(29-19(3)20-9-5-4-6-10-20)22-14-15-23(28-26(17)22)27-18(2)21-11-7-8-12-24(21)30-27/h4-16,19H,1-3H3/t19-/m1/s1. The van der Waals surface area contributed by atoms with Crippen molar-refractivity contribution in [2.45, 2.75) is 26.9 Å². The second kappa shape index (κ2) is 7.34. The summed E-state index contributed by atoms with van der Waals surface area (Å²) in [6, 6.07) is 26.6. The van der Waals surface area contributed by atoms with Gasteiger partial charge in [0.15, 0.2) is 5.76 Å². The highest BCUT2D eigenvalue weighted by Gasteiger charge is 2.16. The molecule has 0 unspecified atom stereocenters. The Kier molecular flexibility index (Phi) is 4.51. The molecule has 0 saturated carbocycles. The van der Waals surface area contributed by atoms with Crippen LogP contribution in [0.3, 0.4) is 0 Å². The van der Waals surface area contributed by atoms with E-state index in [1.54, 1.807) is 0 Å². The Labute approximate surface area is 175 Å². The lowest BCUT2D eigenvalue weighted by molar-refractivity contribution is 0.230. The van der Waals surface area contributed by atoms with Gasteiger partial charge in [0.05, 0.1) is 5.52 Å². The highest BCUT2D eigenvalue weighted by molar-refractivity contribution is 5.91. The molecule has 0 aliphatic rings. The van der Waals surface area contributed by atoms with Gasteiger partial charge in [0, 0.05) is 16.3 Å². The Morgan fingerprint density at radius 1 is 0.800 bits per heavy atom. The van der Waals surface area contributed by atoms with Crippen LogP contribution in [0.2, 0.25) is 0 Å². The summed E-state index contributed by atoms with van der Waals surface area (Å²) in [7, 11) is 0. The lowest BCUT2D eigenvalue weighted by atomic mass is 10.1. The molecule has 0 bridgehead atoms. The first kappa shape index (κ1) is 18.4. The topological polar surface area (TPSA) is 35.3 Å². The molecule has 2 aromatic heterocycles. The molecule has 0 radical (unpaired) electrons. The summed E-state index contributed by atoms with van der Waals surface area (Å²) in [6.07, 6.45) is -0.0469. The van der Waals surface area contributed by atoms with Gasteiger partial charge in [0.25, 0.3) is 0 Å². The molecule has 148 valence electrons. The van der Waals surface area contributed by atoms with E-state index >= 15 is 0 Å². The Morgan fingerprint density at radius 2 is 1.57 bits per heavy atom. The quantitative estimate of drug-likeness (QED) is 0.319. The summed E-state index contributed by atoms with van der Waals surface area (Å²) in [6.45, 7) is 6.23. The normalized spacial score (nSPS) is 12.4. The second-order valence-corrected chi connectivity index (χ2v) is 7.70. The predicted molar refractivity (Wildman–Crippen MR) is 122 cm³/mol. The van der Waals surface area contributed by atoms with Crippen LogP contribution >= 0.6 is 0 Å². The molecular weight excluding hydrogens is 370 g/mol. The predicted octanol–water partition coefficient (Wildman–Crippen LogP) is 7.40. The Morgan fingerprint density at radius 3 is 2.37 bits per heavy atom. The van der Waals surface area contributed by atoms with Crippen LogP contribution in [-0.2, 0) is 0 Å². The Balaban J connectivity index is 1.58. The number of fused-ring (bicyclic) bond motifs is 2. The maximum atomic E-state index is 6.32. The van der Waals surface area contributed by atoms with E-state index in [0.29, 0.717) is 0 Å². The van der Waals surface area contributed by atoms with Crippen LogP contribution in [-0.4, -0.2) is 4.98 Å². The average molecular weight is 393 g/mol. The van der Waals surface area contributed by atoms with E-state index in [2.05, 4.69) is 51.1 Å². The molecule has 1 atom stereocenters. The van der Waals surface area contributed by atoms with Crippen molar-refractivity contribution in [2.24, 2.45) is 0 Å². The van der Waals surface area contributed by atoms with Crippen LogP contribution in [0.25, 0.3) is 33.3 Å². The minimum absolute atomic E-state index is 0.0469. The summed E-state index contributed by atoms with van der Waals surface area (Å²) < 4.78 is 12.5. The largest absolute Gasteiger partial charge is 0.485 e. The van der Waals surface area contributed by atoms with Crippen molar-refractivity contribution in [3.05, 3.63) is 95.6 Å². The number of benzene rings is 3. The van der Waals surface area contributed by atoms with Crippen LogP contribution in [0.1, 0.15) is 29.7 Å². The lowest BCUT2D eigenvalue weighted by Gasteiger charge is -2.17. The van der Waals surface area contributed by atoms with Crippen LogP contribution < -0.4 is 4.74 Å². The van der Waals surface area contributed by atoms with Crippen LogP contribution in [0.5, 0.6) is 5.75 Å². The Hall–Kier alpha value is -3.59. The van der Waals surface area contributed by atoms with Crippen molar-refractivity contribution in [2.75, 3.05) is 0 Å². The van der Waals surface area contributed by atoms with E-state index in [0.717, 1.165) is 55.8 Å². The number of ether oxygens (including phenoxy) is 1. The molecule has 0 N–H and O–H groups in total. The van der Waals surface area contributed by atoms with Crippen molar-refractivity contribution in [1.82, 2.24) is 4.98 Å². The molecule has 0 fully saturated rings. The van der Waals surface area contributed by atoms with Crippen molar-refractivity contribution in [3.8, 4) is 17.2 Å². The number of aromatic nitrogens is 1. The van der Waals surface area contributed by atoms with Gasteiger partial charge in [-0.3, -0.25) is 0 Å². The third-order valence-corrected chi connectivity index (χ3v) is 5.67. The van der Waals surface area contributed by atoms with Crippen molar-refractivity contribution in [1.29, 1.82) is 0 Å². The van der Waals surface area contributed by atoms with E-state index in [9.17, 15) is 0 Å². The second-order valence-electron chi connectivity index (χ2n) is 7.70. The monoisotopic (exact) mass is 393 g/mol. The first-order valence-electron chi connectivity index (χ1n) is 10.2. The molecule has 3 heteroatoms. The molecule has 2 heterocycles. The van der Waals surface area contributed by atoms with Gasteiger partial charge in [-0.1, -0.05) is 54.6 Å². The number of aryl methyl sites for hydroxylation is 2. The van der Waals surface area contributed by atoms with E-state index in [4.69, 9.17) is 14.1 Å². The SMILES string of the molecule is Cc1c(-c2ccc3c(O[C@H](C)c4ccccc4)ccc(C)c3n2)oc2ccccc12. The number of para-hydroxylation sites is 1. The summed E-state index contributed by atoms with van der Waals surface area (Å²) >= 11 is 0. The summed E-state index contributed by atoms with van der Waals surface area (Å²) in [5.74, 6) is 1.66. The molecule has 0 amide bonds. The molecule has 5 rings (SSSR count). The highest BCUT2D eigenvalue weighted by atomic mass is 16.5. The van der Waals surface area contributed by atoms with Gasteiger partial charge in [-0.2, -0.15) is 0 Å². The molecule has 0 spiro atoms. The fourth-order valence-electron chi connectivity index (χ4n) is 3.96. The number of hydrogen-bond donors (Lipinski definition) is 0. The van der Waals surface area contributed by atoms with E-state index in [1.807, 2.05) is 48.5 Å². The molecule has 0 aliphatic carbocycles. The molecule has 3 nitrogen and oxygen atoms in total. The first-order chi connectivity index (χ1) is 14.6. The van der Waals surface area contributed by atoms with Crippen LogP contribution in [0, 0.1) is 13.8 Å². The van der Waals surface area contributed by atoms with E-state index < -0.39 is 0 Å². The van der Waals surface area contributed by atoms with Gasteiger partial charge < -0.3 is 9.15 Å². The van der Waals surface area contributed by atoms with Crippen LogP contribution in [0.15, 0.2) is 83.3 Å². The lowest BCUT2D eigenvalue weighted by Crippen LogP contribution is -2.03. The molecule has 5 aromatic rings. The maximum Gasteiger partial charge on any atom is 0.156 e. The third kappa shape index (κ3) is 3.13. The number of pyridine rings is 1. The molecule has 0 aliphatic heterocycles. The smallest absolute Gasteiger partial charge is 0.156 e. The number of rotatable bonds is 4. The van der Waals surface area contributed by atoms with Gasteiger partial charge >= 0.3 is 0 Å². The molecule has 30 heavy (non-hydrogen) atoms. The van der Waals surface area contributed by atoms with Gasteiger partial charge in [-0.15, -0.1) is 0 Å². The summed E-state index contributed by atoms with van der Waals surface area (Å²) in [5.41, 5.74) is 6.03. The van der Waals surface area contributed by atoms with E-state index in [1.165, 1.54) is 0 Å². The van der Waals surface area contributed by atoms with Gasteiger partial charge in [0.1, 0.15) is 23.1 Å². The zero-order valence-electron chi connectivity index (χ0n) is 17.3. The van der Waals surface area contributed by atoms with Gasteiger partial charge in [-0.05, 0) is 56.2 Å². The maximum absolute atomic E-state index is 6.32. The van der Waals surface area contributed by atoms with Crippen LogP contribution in [0.4, 0.5) is 0 Å². The first-order valence-corrected chi connectivity index (χ1v) is 10.2. The van der Waals surface area contributed by atoms with Crippen molar-refractivity contribution >= 4 is 21.9 Å². The van der Waals surface area contributed by atoms with Gasteiger partial charge in [-0.25, -0.2) is 4.98 Å². The molecule has 3 aromatic carbocycles. The van der Waals surface area contributed by atoms with Crippen molar-refractivity contribution < 1.29 is 9.15 Å². The number of hydrogen-bond acceptors (Lipinski definition) is 3. The molecular formula is C27H23NO2. The Bertz CT molecular complexity index is 1350. The van der Waals surface area contributed by atoms with Gasteiger partial charge in [0.2, 0.25) is 0 Å². The fraction of sp³-hybridized carbons (Fsp3) is 0.148. The summed E-state index contributed by atoms with van der Waals surface area (Å²) in [4.78, 5) is 4.97. The zero-order chi connectivity index (χ0) is 20.7. The average Bonchev–Trinajstić information content (AvgIpc) is 3.13.